The normalized spacial score (nSPS) is 18.6. The van der Waals surface area contributed by atoms with Gasteiger partial charge in [-0.05, 0) is 19.3 Å². The topological polar surface area (TPSA) is 110 Å². The molecule has 0 radical (unpaired) electrons. The van der Waals surface area contributed by atoms with Crippen molar-refractivity contribution in [2.45, 2.75) is 118 Å². The van der Waals surface area contributed by atoms with Crippen LogP contribution in [0.1, 0.15) is 99.3 Å². The van der Waals surface area contributed by atoms with Crippen LogP contribution in [0.2, 0.25) is 0 Å². The molecule has 0 aromatic rings. The summed E-state index contributed by atoms with van der Waals surface area (Å²) in [5.41, 5.74) is 0. The zero-order chi connectivity index (χ0) is 25.8. The summed E-state index contributed by atoms with van der Waals surface area (Å²) in [6, 6.07) is -0.728. The molecule has 196 valence electrons. The number of carboxylic acids is 1. The number of aliphatic carboxylic acids is 1. The number of carbonyl (C=O) groups excluding carboxylic acids is 3. The van der Waals surface area contributed by atoms with Gasteiger partial charge in [0.25, 0.3) is 0 Å². The van der Waals surface area contributed by atoms with E-state index in [9.17, 15) is 24.3 Å². The van der Waals surface area contributed by atoms with Crippen LogP contribution in [-0.4, -0.2) is 58.6 Å². The number of unbranched alkanes of at least 4 members (excludes halogenated alkanes) is 5. The molecular weight excluding hydrogens is 438 g/mol. The maximum absolute atomic E-state index is 13.0. The first-order valence-corrected chi connectivity index (χ1v) is 12.9. The lowest BCUT2D eigenvalue weighted by Gasteiger charge is -2.29. The maximum Gasteiger partial charge on any atom is 0.348 e. The van der Waals surface area contributed by atoms with Crippen LogP contribution >= 0.6 is 0 Å². The van der Waals surface area contributed by atoms with Crippen molar-refractivity contribution in [3.05, 3.63) is 0 Å². The highest BCUT2D eigenvalue weighted by Crippen LogP contribution is 2.25. The number of hydrogen-bond donors (Lipinski definition) is 1. The van der Waals surface area contributed by atoms with Gasteiger partial charge in [0.05, 0.1) is 0 Å². The van der Waals surface area contributed by atoms with Gasteiger partial charge < -0.3 is 19.5 Å². The molecule has 0 saturated carbocycles. The Morgan fingerprint density at radius 2 is 1.47 bits per heavy atom. The van der Waals surface area contributed by atoms with E-state index in [1.807, 2.05) is 6.92 Å². The Labute approximate surface area is 204 Å². The lowest BCUT2D eigenvalue weighted by Crippen LogP contribution is -2.47. The summed E-state index contributed by atoms with van der Waals surface area (Å²) in [6.45, 7) is 11.2. The minimum atomic E-state index is -1.32. The van der Waals surface area contributed by atoms with E-state index in [-0.39, 0.29) is 11.8 Å². The third kappa shape index (κ3) is 9.26. The number of ether oxygens (including phenoxy) is 2. The third-order valence-electron chi connectivity index (χ3n) is 6.39. The Kier molecular flexibility index (Phi) is 13.2. The largest absolute Gasteiger partial charge is 0.478 e. The number of carboxylic acid groups (broad SMARTS) is 1. The molecule has 0 aromatic heterocycles. The lowest BCUT2D eigenvalue weighted by atomic mass is 10.00. The van der Waals surface area contributed by atoms with E-state index in [0.717, 1.165) is 19.3 Å². The zero-order valence-electron chi connectivity index (χ0n) is 21.9. The van der Waals surface area contributed by atoms with E-state index >= 15 is 0 Å². The van der Waals surface area contributed by atoms with Crippen molar-refractivity contribution in [3.8, 4) is 0 Å². The molecule has 1 rings (SSSR count). The molecule has 1 aliphatic heterocycles. The van der Waals surface area contributed by atoms with Crippen LogP contribution in [0.15, 0.2) is 0 Å². The molecule has 8 heteroatoms. The molecule has 1 heterocycles. The van der Waals surface area contributed by atoms with Crippen molar-refractivity contribution < 1.29 is 33.8 Å². The van der Waals surface area contributed by atoms with Crippen molar-refractivity contribution in [1.29, 1.82) is 0 Å². The predicted molar refractivity (Wildman–Crippen MR) is 129 cm³/mol. The average molecular weight is 484 g/mol. The number of hydrogen-bond acceptors (Lipinski definition) is 6. The highest BCUT2D eigenvalue weighted by molar-refractivity contribution is 5.88. The van der Waals surface area contributed by atoms with Gasteiger partial charge in [-0.15, -0.1) is 0 Å². The minimum Gasteiger partial charge on any atom is -0.478 e. The Hall–Kier alpha value is -2.12. The Balaban J connectivity index is 2.72. The number of carbonyl (C=O) groups is 4. The molecule has 8 nitrogen and oxygen atoms in total. The molecule has 34 heavy (non-hydrogen) atoms. The Bertz CT molecular complexity index is 676. The smallest absolute Gasteiger partial charge is 0.348 e. The molecule has 1 N–H and O–H groups in total. The molecule has 0 aromatic carbocycles. The van der Waals surface area contributed by atoms with E-state index in [1.165, 1.54) is 25.7 Å². The molecule has 1 saturated heterocycles. The SMILES string of the molecule is CCCCCCCC[C@H](C)C(=O)N1CCC[C@H]1C(=O)O[C@@H](C(=O)O[C@H](C(=O)O)C(C)C)C(C)C. The van der Waals surface area contributed by atoms with Gasteiger partial charge >= 0.3 is 17.9 Å². The molecule has 0 aliphatic carbocycles. The van der Waals surface area contributed by atoms with Crippen LogP contribution in [0, 0.1) is 17.8 Å². The second kappa shape index (κ2) is 15.0. The summed E-state index contributed by atoms with van der Waals surface area (Å²) in [5, 5.41) is 9.30. The van der Waals surface area contributed by atoms with Crippen LogP contribution in [-0.2, 0) is 28.7 Å². The molecular formula is C26H45NO7. The number of esters is 2. The zero-order valence-corrected chi connectivity index (χ0v) is 21.9. The number of rotatable bonds is 15. The molecule has 1 fully saturated rings. The van der Waals surface area contributed by atoms with E-state index < -0.39 is 48.0 Å². The van der Waals surface area contributed by atoms with Crippen LogP contribution in [0.5, 0.6) is 0 Å². The summed E-state index contributed by atoms with van der Waals surface area (Å²) >= 11 is 0. The average Bonchev–Trinajstić information content (AvgIpc) is 3.26. The summed E-state index contributed by atoms with van der Waals surface area (Å²) in [5.74, 6) is -3.82. The van der Waals surface area contributed by atoms with Gasteiger partial charge in [-0.3, -0.25) is 4.79 Å². The number of likely N-dealkylation sites (tertiary alicyclic amines) is 1. The van der Waals surface area contributed by atoms with Crippen LogP contribution in [0.25, 0.3) is 0 Å². The van der Waals surface area contributed by atoms with Gasteiger partial charge in [-0.2, -0.15) is 0 Å². The lowest BCUT2D eigenvalue weighted by molar-refractivity contribution is -0.183. The minimum absolute atomic E-state index is 0.0533. The fraction of sp³-hybridized carbons (Fsp3) is 0.846. The highest BCUT2D eigenvalue weighted by Gasteiger charge is 2.40. The van der Waals surface area contributed by atoms with Crippen LogP contribution in [0.3, 0.4) is 0 Å². The first-order valence-electron chi connectivity index (χ1n) is 12.9. The monoisotopic (exact) mass is 483 g/mol. The molecule has 1 aliphatic rings. The summed E-state index contributed by atoms with van der Waals surface area (Å²) < 4.78 is 10.7. The standard InChI is InChI=1S/C26H45NO7/c1-7-8-9-10-11-12-14-19(6)23(28)27-16-13-15-20(27)25(31)34-22(18(4)5)26(32)33-21(17(2)3)24(29)30/h17-22H,7-16H2,1-6H3,(H,29,30)/t19-,20-,21-,22+/m0/s1. The first kappa shape index (κ1) is 29.9. The molecule has 1 amide bonds. The van der Waals surface area contributed by atoms with Gasteiger partial charge in [0.1, 0.15) is 6.04 Å². The second-order valence-electron chi connectivity index (χ2n) is 10.2. The van der Waals surface area contributed by atoms with Crippen molar-refractivity contribution in [1.82, 2.24) is 4.90 Å². The second-order valence-corrected chi connectivity index (χ2v) is 10.2. The number of amides is 1. The van der Waals surface area contributed by atoms with E-state index in [0.29, 0.717) is 19.4 Å². The van der Waals surface area contributed by atoms with E-state index in [4.69, 9.17) is 9.47 Å². The van der Waals surface area contributed by atoms with Gasteiger partial charge in [-0.1, -0.05) is 80.1 Å². The van der Waals surface area contributed by atoms with Gasteiger partial charge in [0.2, 0.25) is 18.1 Å². The predicted octanol–water partition coefficient (Wildman–Crippen LogP) is 4.58. The van der Waals surface area contributed by atoms with Crippen molar-refractivity contribution in [2.75, 3.05) is 6.54 Å². The van der Waals surface area contributed by atoms with Gasteiger partial charge in [-0.25, -0.2) is 14.4 Å². The quantitative estimate of drug-likeness (QED) is 0.268. The fourth-order valence-electron chi connectivity index (χ4n) is 4.24. The number of nitrogens with zero attached hydrogens (tertiary/aromatic N) is 1. The summed E-state index contributed by atoms with van der Waals surface area (Å²) in [4.78, 5) is 51.6. The molecule has 0 spiro atoms. The van der Waals surface area contributed by atoms with Crippen LogP contribution < -0.4 is 0 Å². The Morgan fingerprint density at radius 1 is 0.882 bits per heavy atom. The van der Waals surface area contributed by atoms with E-state index in [1.54, 1.807) is 32.6 Å². The van der Waals surface area contributed by atoms with Gasteiger partial charge in [0.15, 0.2) is 0 Å². The summed E-state index contributed by atoms with van der Waals surface area (Å²) in [6.07, 6.45) is 6.36. The maximum atomic E-state index is 13.0. The Morgan fingerprint density at radius 3 is 2.03 bits per heavy atom. The molecule has 0 bridgehead atoms. The molecule has 4 atom stereocenters. The summed E-state index contributed by atoms with van der Waals surface area (Å²) in [7, 11) is 0. The molecule has 0 unspecified atom stereocenters. The van der Waals surface area contributed by atoms with Crippen LogP contribution in [0.4, 0.5) is 0 Å². The fourth-order valence-corrected chi connectivity index (χ4v) is 4.24. The third-order valence-corrected chi connectivity index (χ3v) is 6.39. The highest BCUT2D eigenvalue weighted by atomic mass is 16.6. The van der Waals surface area contributed by atoms with Crippen molar-refractivity contribution in [2.24, 2.45) is 17.8 Å². The van der Waals surface area contributed by atoms with E-state index in [2.05, 4.69) is 6.92 Å². The van der Waals surface area contributed by atoms with Crippen molar-refractivity contribution >= 4 is 23.8 Å². The first-order chi connectivity index (χ1) is 16.0. The van der Waals surface area contributed by atoms with Gasteiger partial charge in [0, 0.05) is 24.3 Å². The van der Waals surface area contributed by atoms with Crippen molar-refractivity contribution in [3.63, 3.8) is 0 Å².